The van der Waals surface area contributed by atoms with E-state index in [0.29, 0.717) is 23.3 Å². The van der Waals surface area contributed by atoms with Gasteiger partial charge in [0.1, 0.15) is 5.75 Å². The molecule has 0 N–H and O–H groups in total. The first kappa shape index (κ1) is 16.8. The molecule has 1 aromatic heterocycles. The summed E-state index contributed by atoms with van der Waals surface area (Å²) in [5.41, 5.74) is 3.15. The number of methoxy groups -OCH3 is 2. The summed E-state index contributed by atoms with van der Waals surface area (Å²) in [4.78, 5) is 0. The van der Waals surface area contributed by atoms with E-state index in [1.54, 1.807) is 26.4 Å². The molecule has 1 heterocycles. The van der Waals surface area contributed by atoms with Gasteiger partial charge >= 0.3 is 0 Å². The number of rotatable bonds is 6. The molecule has 0 unspecified atom stereocenters. The summed E-state index contributed by atoms with van der Waals surface area (Å²) in [5.74, 6) is 2.83. The molecular weight excluding hydrogens is 320 g/mol. The van der Waals surface area contributed by atoms with Crippen LogP contribution in [0.25, 0.3) is 11.5 Å². The normalized spacial score (nSPS) is 10.6. The standard InChI is InChI=1S/C19H20N2O4/c1-12-5-7-15(9-13(12)2)24-11-18-20-21-19(25-18)14-6-8-16(22-3)17(10-14)23-4/h5-10H,11H2,1-4H3. The van der Waals surface area contributed by atoms with Crippen molar-refractivity contribution in [3.63, 3.8) is 0 Å². The molecule has 2 aromatic carbocycles. The number of benzene rings is 2. The zero-order valence-electron chi connectivity index (χ0n) is 14.7. The maximum Gasteiger partial charge on any atom is 0.254 e. The number of nitrogens with zero attached hydrogens (tertiary/aromatic N) is 2. The van der Waals surface area contributed by atoms with Crippen LogP contribution in [0.3, 0.4) is 0 Å². The Morgan fingerprint density at radius 1 is 0.880 bits per heavy atom. The first-order chi connectivity index (χ1) is 12.1. The van der Waals surface area contributed by atoms with E-state index in [1.807, 2.05) is 31.2 Å². The zero-order chi connectivity index (χ0) is 17.8. The van der Waals surface area contributed by atoms with Gasteiger partial charge in [-0.25, -0.2) is 0 Å². The average Bonchev–Trinajstić information content (AvgIpc) is 3.11. The predicted octanol–water partition coefficient (Wildman–Crippen LogP) is 3.95. The Balaban J connectivity index is 1.73. The fraction of sp³-hybridized carbons (Fsp3) is 0.263. The summed E-state index contributed by atoms with van der Waals surface area (Å²) in [6, 6.07) is 11.4. The van der Waals surface area contributed by atoms with Crippen LogP contribution in [0.1, 0.15) is 17.0 Å². The van der Waals surface area contributed by atoms with Gasteiger partial charge in [0.05, 0.1) is 14.2 Å². The molecule has 0 atom stereocenters. The molecular formula is C19H20N2O4. The van der Waals surface area contributed by atoms with E-state index in [2.05, 4.69) is 17.1 Å². The summed E-state index contributed by atoms with van der Waals surface area (Å²) < 4.78 is 21.9. The number of hydrogen-bond donors (Lipinski definition) is 0. The van der Waals surface area contributed by atoms with E-state index in [-0.39, 0.29) is 6.61 Å². The maximum absolute atomic E-state index is 5.72. The Hall–Kier alpha value is -3.02. The highest BCUT2D eigenvalue weighted by atomic mass is 16.5. The third kappa shape index (κ3) is 3.74. The van der Waals surface area contributed by atoms with Gasteiger partial charge in [-0.05, 0) is 55.3 Å². The maximum atomic E-state index is 5.72. The predicted molar refractivity (Wildman–Crippen MR) is 93.1 cm³/mol. The molecule has 0 aliphatic carbocycles. The Bertz CT molecular complexity index is 874. The lowest BCUT2D eigenvalue weighted by molar-refractivity contribution is 0.264. The molecule has 3 aromatic rings. The van der Waals surface area contributed by atoms with Crippen LogP contribution in [0.15, 0.2) is 40.8 Å². The fourth-order valence-corrected chi connectivity index (χ4v) is 2.35. The van der Waals surface area contributed by atoms with Crippen molar-refractivity contribution >= 4 is 0 Å². The number of aromatic nitrogens is 2. The summed E-state index contributed by atoms with van der Waals surface area (Å²) in [6.07, 6.45) is 0. The Morgan fingerprint density at radius 3 is 2.40 bits per heavy atom. The Kier molecular flexibility index (Phi) is 4.88. The van der Waals surface area contributed by atoms with Crippen LogP contribution in [0, 0.1) is 13.8 Å². The third-order valence-corrected chi connectivity index (χ3v) is 3.94. The van der Waals surface area contributed by atoms with Gasteiger partial charge in [-0.2, -0.15) is 0 Å². The second-order valence-electron chi connectivity index (χ2n) is 5.61. The van der Waals surface area contributed by atoms with Gasteiger partial charge in [-0.1, -0.05) is 6.07 Å². The van der Waals surface area contributed by atoms with E-state index < -0.39 is 0 Å². The molecule has 0 aliphatic heterocycles. The minimum atomic E-state index is 0.211. The van der Waals surface area contributed by atoms with Gasteiger partial charge < -0.3 is 18.6 Å². The van der Waals surface area contributed by atoms with E-state index in [0.717, 1.165) is 11.3 Å². The molecule has 3 rings (SSSR count). The summed E-state index contributed by atoms with van der Waals surface area (Å²) in [5, 5.41) is 8.10. The van der Waals surface area contributed by atoms with Crippen LogP contribution in [0.2, 0.25) is 0 Å². The minimum absolute atomic E-state index is 0.211. The van der Waals surface area contributed by atoms with Crippen LogP contribution in [0.4, 0.5) is 0 Å². The van der Waals surface area contributed by atoms with Crippen molar-refractivity contribution < 1.29 is 18.6 Å². The van der Waals surface area contributed by atoms with E-state index in [4.69, 9.17) is 18.6 Å². The van der Waals surface area contributed by atoms with Crippen LogP contribution >= 0.6 is 0 Å². The lowest BCUT2D eigenvalue weighted by Gasteiger charge is -2.07. The van der Waals surface area contributed by atoms with E-state index in [9.17, 15) is 0 Å². The van der Waals surface area contributed by atoms with Gasteiger partial charge in [0.2, 0.25) is 5.89 Å². The van der Waals surface area contributed by atoms with E-state index in [1.165, 1.54) is 11.1 Å². The molecule has 0 saturated carbocycles. The van der Waals surface area contributed by atoms with Crippen molar-refractivity contribution in [3.05, 3.63) is 53.4 Å². The molecule has 25 heavy (non-hydrogen) atoms. The van der Waals surface area contributed by atoms with E-state index >= 15 is 0 Å². The van der Waals surface area contributed by atoms with Gasteiger partial charge in [0.15, 0.2) is 18.1 Å². The lowest BCUT2D eigenvalue weighted by Crippen LogP contribution is -1.96. The Morgan fingerprint density at radius 2 is 1.68 bits per heavy atom. The van der Waals surface area contributed by atoms with Crippen LogP contribution in [0.5, 0.6) is 17.2 Å². The van der Waals surface area contributed by atoms with Crippen molar-refractivity contribution in [1.82, 2.24) is 10.2 Å². The molecule has 0 spiro atoms. The third-order valence-electron chi connectivity index (χ3n) is 3.94. The lowest BCUT2D eigenvalue weighted by atomic mass is 10.1. The highest BCUT2D eigenvalue weighted by molar-refractivity contribution is 5.59. The molecule has 130 valence electrons. The minimum Gasteiger partial charge on any atom is -0.493 e. The molecule has 0 bridgehead atoms. The van der Waals surface area contributed by atoms with Crippen molar-refractivity contribution in [1.29, 1.82) is 0 Å². The van der Waals surface area contributed by atoms with Crippen molar-refractivity contribution in [2.75, 3.05) is 14.2 Å². The number of aryl methyl sites for hydroxylation is 2. The quantitative estimate of drug-likeness (QED) is 0.677. The molecule has 0 aliphatic rings. The first-order valence-corrected chi connectivity index (χ1v) is 7.85. The van der Waals surface area contributed by atoms with Crippen molar-refractivity contribution in [3.8, 4) is 28.7 Å². The molecule has 0 saturated heterocycles. The van der Waals surface area contributed by atoms with Crippen LogP contribution < -0.4 is 14.2 Å². The fourth-order valence-electron chi connectivity index (χ4n) is 2.35. The second kappa shape index (κ2) is 7.25. The van der Waals surface area contributed by atoms with Crippen LogP contribution in [-0.2, 0) is 6.61 Å². The van der Waals surface area contributed by atoms with Gasteiger partial charge in [-0.3, -0.25) is 0 Å². The number of hydrogen-bond acceptors (Lipinski definition) is 6. The largest absolute Gasteiger partial charge is 0.493 e. The topological polar surface area (TPSA) is 66.6 Å². The molecule has 0 fully saturated rings. The molecule has 0 amide bonds. The second-order valence-corrected chi connectivity index (χ2v) is 5.61. The highest BCUT2D eigenvalue weighted by Crippen LogP contribution is 2.31. The molecule has 6 nitrogen and oxygen atoms in total. The SMILES string of the molecule is COc1ccc(-c2nnc(COc3ccc(C)c(C)c3)o2)cc1OC. The average molecular weight is 340 g/mol. The van der Waals surface area contributed by atoms with Gasteiger partial charge in [0, 0.05) is 5.56 Å². The van der Waals surface area contributed by atoms with Gasteiger partial charge in [-0.15, -0.1) is 10.2 Å². The summed E-state index contributed by atoms with van der Waals surface area (Å²) in [7, 11) is 3.17. The van der Waals surface area contributed by atoms with Crippen molar-refractivity contribution in [2.24, 2.45) is 0 Å². The first-order valence-electron chi connectivity index (χ1n) is 7.85. The molecule has 0 radical (unpaired) electrons. The zero-order valence-corrected chi connectivity index (χ0v) is 14.7. The number of ether oxygens (including phenoxy) is 3. The van der Waals surface area contributed by atoms with Gasteiger partial charge in [0.25, 0.3) is 5.89 Å². The smallest absolute Gasteiger partial charge is 0.254 e. The monoisotopic (exact) mass is 340 g/mol. The molecule has 6 heteroatoms. The summed E-state index contributed by atoms with van der Waals surface area (Å²) >= 11 is 0. The van der Waals surface area contributed by atoms with Crippen LogP contribution in [-0.4, -0.2) is 24.4 Å². The van der Waals surface area contributed by atoms with Crippen molar-refractivity contribution in [2.45, 2.75) is 20.5 Å². The Labute approximate surface area is 146 Å². The highest BCUT2D eigenvalue weighted by Gasteiger charge is 2.12. The summed E-state index contributed by atoms with van der Waals surface area (Å²) in [6.45, 7) is 4.32.